The molecule has 1 saturated carbocycles. The van der Waals surface area contributed by atoms with Crippen molar-refractivity contribution in [2.75, 3.05) is 6.54 Å². The van der Waals surface area contributed by atoms with E-state index in [0.29, 0.717) is 12.5 Å². The second-order valence-corrected chi connectivity index (χ2v) is 5.28. The number of rotatable bonds is 6. The molecule has 2 atom stereocenters. The number of nitrogens with one attached hydrogen (secondary N) is 1. The van der Waals surface area contributed by atoms with E-state index in [-0.39, 0.29) is 6.04 Å². The van der Waals surface area contributed by atoms with Crippen LogP contribution >= 0.6 is 0 Å². The van der Waals surface area contributed by atoms with Crippen LogP contribution in [0, 0.1) is 5.92 Å². The molecular formula is C12H22N2O4. The minimum absolute atomic E-state index is 0.218. The van der Waals surface area contributed by atoms with Crippen LogP contribution in [0.25, 0.3) is 0 Å². The van der Waals surface area contributed by atoms with Crippen molar-refractivity contribution >= 4 is 12.0 Å². The van der Waals surface area contributed by atoms with Crippen LogP contribution in [0.15, 0.2) is 0 Å². The van der Waals surface area contributed by atoms with Crippen LogP contribution in [0.4, 0.5) is 4.79 Å². The minimum Gasteiger partial charge on any atom is -0.480 e. The quantitative estimate of drug-likeness (QED) is 0.652. The predicted octanol–water partition coefficient (Wildman–Crippen LogP) is 0.650. The number of hydrogen-bond donors (Lipinski definition) is 3. The van der Waals surface area contributed by atoms with Crippen molar-refractivity contribution in [1.82, 2.24) is 10.2 Å². The molecule has 0 aliphatic heterocycles. The molecule has 0 spiro atoms. The van der Waals surface area contributed by atoms with Crippen molar-refractivity contribution in [2.24, 2.45) is 5.92 Å². The van der Waals surface area contributed by atoms with Crippen molar-refractivity contribution in [2.45, 2.75) is 51.8 Å². The van der Waals surface area contributed by atoms with Crippen molar-refractivity contribution in [3.8, 4) is 0 Å². The first-order valence-corrected chi connectivity index (χ1v) is 6.31. The van der Waals surface area contributed by atoms with Crippen LogP contribution < -0.4 is 5.32 Å². The molecule has 0 aromatic rings. The lowest BCUT2D eigenvalue weighted by Gasteiger charge is -2.27. The average molecular weight is 258 g/mol. The fraction of sp³-hybridized carbons (Fsp3) is 0.833. The first kappa shape index (κ1) is 14.8. The Morgan fingerprint density at radius 3 is 2.22 bits per heavy atom. The van der Waals surface area contributed by atoms with Gasteiger partial charge in [-0.25, -0.2) is 9.59 Å². The van der Waals surface area contributed by atoms with Gasteiger partial charge < -0.3 is 20.4 Å². The number of hydrogen-bond acceptors (Lipinski definition) is 3. The maximum Gasteiger partial charge on any atom is 0.328 e. The molecule has 6 heteroatoms. The highest BCUT2D eigenvalue weighted by atomic mass is 16.4. The van der Waals surface area contributed by atoms with Gasteiger partial charge in [0.1, 0.15) is 0 Å². The van der Waals surface area contributed by atoms with E-state index < -0.39 is 24.1 Å². The Hall–Kier alpha value is -1.30. The zero-order valence-electron chi connectivity index (χ0n) is 11.1. The Labute approximate surface area is 107 Å². The zero-order chi connectivity index (χ0) is 13.9. The molecule has 1 fully saturated rings. The summed E-state index contributed by atoms with van der Waals surface area (Å²) in [4.78, 5) is 24.6. The van der Waals surface area contributed by atoms with Gasteiger partial charge in [-0.1, -0.05) is 13.8 Å². The van der Waals surface area contributed by atoms with Crippen LogP contribution in [0.3, 0.4) is 0 Å². The first-order valence-electron chi connectivity index (χ1n) is 6.31. The minimum atomic E-state index is -1.26. The van der Waals surface area contributed by atoms with Crippen molar-refractivity contribution in [3.63, 3.8) is 0 Å². The van der Waals surface area contributed by atoms with Gasteiger partial charge in [-0.15, -0.1) is 0 Å². The summed E-state index contributed by atoms with van der Waals surface area (Å²) in [6.45, 7) is 5.96. The summed E-state index contributed by atoms with van der Waals surface area (Å²) in [6, 6.07) is -1.44. The number of aliphatic carboxylic acids is 1. The van der Waals surface area contributed by atoms with Gasteiger partial charge in [-0.2, -0.15) is 0 Å². The van der Waals surface area contributed by atoms with Gasteiger partial charge in [0.05, 0.1) is 6.10 Å². The molecule has 3 N–H and O–H groups in total. The monoisotopic (exact) mass is 258 g/mol. The molecule has 1 rings (SSSR count). The van der Waals surface area contributed by atoms with Crippen LogP contribution in [-0.4, -0.2) is 51.8 Å². The highest BCUT2D eigenvalue weighted by Crippen LogP contribution is 2.27. The molecular weight excluding hydrogens is 236 g/mol. The molecule has 0 bridgehead atoms. The van der Waals surface area contributed by atoms with Gasteiger partial charge in [-0.3, -0.25) is 0 Å². The Bertz CT molecular complexity index is 313. The van der Waals surface area contributed by atoms with Crippen molar-refractivity contribution in [3.05, 3.63) is 0 Å². The highest BCUT2D eigenvalue weighted by Gasteiger charge is 2.35. The van der Waals surface area contributed by atoms with Gasteiger partial charge >= 0.3 is 12.0 Å². The lowest BCUT2D eigenvalue weighted by molar-refractivity contribution is -0.141. The lowest BCUT2D eigenvalue weighted by atomic mass is 10.2. The fourth-order valence-electron chi connectivity index (χ4n) is 1.78. The number of carbonyl (C=O) groups excluding carboxylic acids is 1. The van der Waals surface area contributed by atoms with E-state index in [1.807, 2.05) is 13.8 Å². The topological polar surface area (TPSA) is 89.9 Å². The molecule has 1 aliphatic carbocycles. The average Bonchev–Trinajstić information content (AvgIpc) is 3.04. The van der Waals surface area contributed by atoms with E-state index in [9.17, 15) is 14.7 Å². The SMILES string of the molecule is CC(C)CN(C(=O)N[C@H](C(=O)O)[C@@H](C)O)C1CC1. The smallest absolute Gasteiger partial charge is 0.328 e. The predicted molar refractivity (Wildman–Crippen MR) is 66.2 cm³/mol. The number of nitrogens with zero attached hydrogens (tertiary/aromatic N) is 1. The summed E-state index contributed by atoms with van der Waals surface area (Å²) >= 11 is 0. The first-order chi connectivity index (χ1) is 8.32. The highest BCUT2D eigenvalue weighted by molar-refractivity contribution is 5.83. The molecule has 0 radical (unpaired) electrons. The molecule has 2 amide bonds. The molecule has 104 valence electrons. The van der Waals surface area contributed by atoms with Gasteiger partial charge in [-0.05, 0) is 25.7 Å². The van der Waals surface area contributed by atoms with E-state index in [4.69, 9.17) is 5.11 Å². The summed E-state index contributed by atoms with van der Waals surface area (Å²) in [6.07, 6.45) is 0.811. The summed E-state index contributed by atoms with van der Waals surface area (Å²) in [7, 11) is 0. The molecule has 0 aromatic carbocycles. The van der Waals surface area contributed by atoms with Gasteiger partial charge in [0.25, 0.3) is 0 Å². The van der Waals surface area contributed by atoms with Crippen LogP contribution in [0.1, 0.15) is 33.6 Å². The van der Waals surface area contributed by atoms with E-state index in [2.05, 4.69) is 5.32 Å². The number of carboxylic acid groups (broad SMARTS) is 1. The van der Waals surface area contributed by atoms with E-state index in [0.717, 1.165) is 12.8 Å². The Kier molecular flexibility index (Phi) is 4.95. The lowest BCUT2D eigenvalue weighted by Crippen LogP contribution is -2.53. The second-order valence-electron chi connectivity index (χ2n) is 5.28. The maximum absolute atomic E-state index is 12.0. The number of urea groups is 1. The van der Waals surface area contributed by atoms with E-state index in [1.54, 1.807) is 4.90 Å². The van der Waals surface area contributed by atoms with E-state index >= 15 is 0 Å². The normalized spacial score (nSPS) is 18.3. The summed E-state index contributed by atoms with van der Waals surface area (Å²) in [5, 5.41) is 20.6. The standard InChI is InChI=1S/C12H22N2O4/c1-7(2)6-14(9-4-5-9)12(18)13-10(8(3)15)11(16)17/h7-10,15H,4-6H2,1-3H3,(H,13,18)(H,16,17)/t8-,10+/m1/s1. The van der Waals surface area contributed by atoms with E-state index in [1.165, 1.54) is 6.92 Å². The Balaban J connectivity index is 2.62. The number of aliphatic hydroxyl groups is 1. The summed E-state index contributed by atoms with van der Waals surface area (Å²) in [5.41, 5.74) is 0. The third-order valence-electron chi connectivity index (χ3n) is 2.84. The Morgan fingerprint density at radius 2 is 1.89 bits per heavy atom. The summed E-state index contributed by atoms with van der Waals surface area (Å²) in [5.74, 6) is -0.898. The third kappa shape index (κ3) is 4.18. The van der Waals surface area contributed by atoms with Crippen molar-refractivity contribution < 1.29 is 19.8 Å². The molecule has 0 aromatic heterocycles. The molecule has 0 unspecified atom stereocenters. The maximum atomic E-state index is 12.0. The van der Waals surface area contributed by atoms with Crippen molar-refractivity contribution in [1.29, 1.82) is 0 Å². The largest absolute Gasteiger partial charge is 0.480 e. The molecule has 0 heterocycles. The number of carbonyl (C=O) groups is 2. The fourth-order valence-corrected chi connectivity index (χ4v) is 1.78. The summed E-state index contributed by atoms with van der Waals surface area (Å²) < 4.78 is 0. The molecule has 1 aliphatic rings. The number of carboxylic acids is 1. The molecule has 0 saturated heterocycles. The Morgan fingerprint density at radius 1 is 1.33 bits per heavy atom. The second kappa shape index (κ2) is 6.04. The van der Waals surface area contributed by atoms with Gasteiger partial charge in [0, 0.05) is 12.6 Å². The third-order valence-corrected chi connectivity index (χ3v) is 2.84. The number of aliphatic hydroxyl groups excluding tert-OH is 1. The molecule has 18 heavy (non-hydrogen) atoms. The number of amides is 2. The van der Waals surface area contributed by atoms with Crippen LogP contribution in [0.5, 0.6) is 0 Å². The van der Waals surface area contributed by atoms with Crippen LogP contribution in [-0.2, 0) is 4.79 Å². The van der Waals surface area contributed by atoms with Crippen LogP contribution in [0.2, 0.25) is 0 Å². The van der Waals surface area contributed by atoms with Gasteiger partial charge in [0.15, 0.2) is 6.04 Å². The molecule has 6 nitrogen and oxygen atoms in total. The van der Waals surface area contributed by atoms with Gasteiger partial charge in [0.2, 0.25) is 0 Å². The zero-order valence-corrected chi connectivity index (χ0v) is 11.1.